The molecule has 5 heteroatoms. The molecule has 1 fully saturated rings. The van der Waals surface area contributed by atoms with E-state index in [1.54, 1.807) is 12.1 Å². The van der Waals surface area contributed by atoms with Crippen molar-refractivity contribution in [2.24, 2.45) is 0 Å². The van der Waals surface area contributed by atoms with Gasteiger partial charge in [0.2, 0.25) is 0 Å². The summed E-state index contributed by atoms with van der Waals surface area (Å²) in [6.45, 7) is 0.942. The Kier molecular flexibility index (Phi) is 3.40. The van der Waals surface area contributed by atoms with Crippen molar-refractivity contribution in [1.29, 1.82) is 0 Å². The highest BCUT2D eigenvalue weighted by molar-refractivity contribution is 7.90. The number of hydrogen-bond donors (Lipinski definition) is 2. The van der Waals surface area contributed by atoms with Crippen molar-refractivity contribution in [3.63, 3.8) is 0 Å². The van der Waals surface area contributed by atoms with Crippen molar-refractivity contribution in [3.8, 4) is 5.75 Å². The Hall–Kier alpha value is -1.07. The molecule has 94 valence electrons. The van der Waals surface area contributed by atoms with Crippen LogP contribution >= 0.6 is 0 Å². The molecule has 0 spiro atoms. The highest BCUT2D eigenvalue weighted by Crippen LogP contribution is 2.31. The number of nitrogens with one attached hydrogen (secondary N) is 1. The van der Waals surface area contributed by atoms with E-state index in [0.29, 0.717) is 0 Å². The molecular weight excluding hydrogens is 238 g/mol. The normalized spacial score (nSPS) is 21.4. The molecule has 0 radical (unpaired) electrons. The van der Waals surface area contributed by atoms with Crippen molar-refractivity contribution >= 4 is 9.84 Å². The van der Waals surface area contributed by atoms with Crippen molar-refractivity contribution in [2.45, 2.75) is 30.2 Å². The summed E-state index contributed by atoms with van der Waals surface area (Å²) in [5, 5.41) is 13.2. The smallest absolute Gasteiger partial charge is 0.175 e. The molecule has 0 aliphatic carbocycles. The van der Waals surface area contributed by atoms with Crippen LogP contribution in [0.5, 0.6) is 5.75 Å². The maximum atomic E-state index is 11.3. The molecule has 0 bridgehead atoms. The highest BCUT2D eigenvalue weighted by Gasteiger charge is 2.19. The lowest BCUT2D eigenvalue weighted by molar-refractivity contribution is 0.390. The summed E-state index contributed by atoms with van der Waals surface area (Å²) in [7, 11) is -3.25. The quantitative estimate of drug-likeness (QED) is 0.842. The van der Waals surface area contributed by atoms with Crippen LogP contribution in [0.4, 0.5) is 0 Å². The monoisotopic (exact) mass is 255 g/mol. The molecule has 1 aliphatic rings. The third kappa shape index (κ3) is 2.79. The number of rotatable bonds is 2. The summed E-state index contributed by atoms with van der Waals surface area (Å²) in [5.74, 6) is 0.0623. The Bertz CT molecular complexity index is 504. The van der Waals surface area contributed by atoms with Gasteiger partial charge in [-0.1, -0.05) is 12.5 Å². The van der Waals surface area contributed by atoms with E-state index in [1.807, 2.05) is 0 Å². The zero-order chi connectivity index (χ0) is 12.5. The van der Waals surface area contributed by atoms with Gasteiger partial charge in [-0.2, -0.15) is 0 Å². The second-order valence-electron chi connectivity index (χ2n) is 4.50. The van der Waals surface area contributed by atoms with Crippen LogP contribution in [0.25, 0.3) is 0 Å². The molecule has 1 aromatic rings. The molecule has 0 aromatic heterocycles. The number of piperidine rings is 1. The van der Waals surface area contributed by atoms with E-state index in [1.165, 1.54) is 6.07 Å². The van der Waals surface area contributed by atoms with Gasteiger partial charge >= 0.3 is 0 Å². The molecule has 1 saturated heterocycles. The molecule has 1 aromatic carbocycles. The lowest BCUT2D eigenvalue weighted by Crippen LogP contribution is -2.26. The van der Waals surface area contributed by atoms with E-state index in [2.05, 4.69) is 5.32 Å². The van der Waals surface area contributed by atoms with Gasteiger partial charge in [0.15, 0.2) is 9.84 Å². The molecule has 0 saturated carbocycles. The van der Waals surface area contributed by atoms with Crippen LogP contribution in [0.2, 0.25) is 0 Å². The molecule has 1 unspecified atom stereocenters. The second-order valence-corrected chi connectivity index (χ2v) is 6.51. The van der Waals surface area contributed by atoms with Crippen molar-refractivity contribution in [3.05, 3.63) is 23.8 Å². The van der Waals surface area contributed by atoms with Gasteiger partial charge in [0.05, 0.1) is 4.90 Å². The van der Waals surface area contributed by atoms with Gasteiger partial charge in [0.25, 0.3) is 0 Å². The van der Waals surface area contributed by atoms with Crippen molar-refractivity contribution in [2.75, 3.05) is 12.8 Å². The summed E-state index contributed by atoms with van der Waals surface area (Å²) >= 11 is 0. The number of sulfone groups is 1. The Morgan fingerprint density at radius 2 is 2.12 bits per heavy atom. The van der Waals surface area contributed by atoms with Crippen LogP contribution in [-0.4, -0.2) is 26.3 Å². The van der Waals surface area contributed by atoms with E-state index >= 15 is 0 Å². The van der Waals surface area contributed by atoms with Gasteiger partial charge in [0, 0.05) is 17.9 Å². The Morgan fingerprint density at radius 1 is 1.35 bits per heavy atom. The summed E-state index contributed by atoms with van der Waals surface area (Å²) in [6, 6.07) is 4.73. The first-order valence-corrected chi connectivity index (χ1v) is 7.64. The molecule has 17 heavy (non-hydrogen) atoms. The molecule has 1 heterocycles. The van der Waals surface area contributed by atoms with Crippen LogP contribution in [0.15, 0.2) is 23.1 Å². The molecule has 1 atom stereocenters. The van der Waals surface area contributed by atoms with Crippen LogP contribution in [-0.2, 0) is 9.84 Å². The Balaban J connectivity index is 2.31. The Morgan fingerprint density at radius 3 is 2.65 bits per heavy atom. The minimum Gasteiger partial charge on any atom is -0.508 e. The summed E-state index contributed by atoms with van der Waals surface area (Å²) < 4.78 is 22.7. The maximum Gasteiger partial charge on any atom is 0.175 e. The fourth-order valence-corrected chi connectivity index (χ4v) is 2.81. The van der Waals surface area contributed by atoms with Crippen molar-refractivity contribution < 1.29 is 13.5 Å². The molecule has 2 N–H and O–H groups in total. The number of hydrogen-bond acceptors (Lipinski definition) is 4. The van der Waals surface area contributed by atoms with Crippen LogP contribution in [0.1, 0.15) is 30.9 Å². The number of aromatic hydroxyl groups is 1. The lowest BCUT2D eigenvalue weighted by atomic mass is 9.97. The van der Waals surface area contributed by atoms with Crippen LogP contribution < -0.4 is 5.32 Å². The SMILES string of the molecule is CS(=O)(=O)c1ccc(C2CCCCN2)c(O)c1. The molecule has 4 nitrogen and oxygen atoms in total. The lowest BCUT2D eigenvalue weighted by Gasteiger charge is -2.24. The number of phenolic OH excluding ortho intramolecular Hbond substituents is 1. The summed E-state index contributed by atoms with van der Waals surface area (Å²) in [4.78, 5) is 0.162. The van der Waals surface area contributed by atoms with Gasteiger partial charge in [-0.3, -0.25) is 0 Å². The molecule has 0 amide bonds. The zero-order valence-electron chi connectivity index (χ0n) is 9.81. The fourth-order valence-electron chi connectivity index (χ4n) is 2.17. The Labute approximate surface area is 102 Å². The first-order valence-electron chi connectivity index (χ1n) is 5.75. The van der Waals surface area contributed by atoms with E-state index in [0.717, 1.165) is 37.6 Å². The van der Waals surface area contributed by atoms with E-state index in [4.69, 9.17) is 0 Å². The predicted octanol–water partition coefficient (Wildman–Crippen LogP) is 1.61. The summed E-state index contributed by atoms with van der Waals surface area (Å²) in [5.41, 5.74) is 0.789. The van der Waals surface area contributed by atoms with Gasteiger partial charge < -0.3 is 10.4 Å². The summed E-state index contributed by atoms with van der Waals surface area (Å²) in [6.07, 6.45) is 4.40. The van der Waals surface area contributed by atoms with E-state index in [-0.39, 0.29) is 16.7 Å². The largest absolute Gasteiger partial charge is 0.508 e. The predicted molar refractivity (Wildman–Crippen MR) is 65.8 cm³/mol. The van der Waals surface area contributed by atoms with Gasteiger partial charge in [-0.15, -0.1) is 0 Å². The molecule has 1 aliphatic heterocycles. The van der Waals surface area contributed by atoms with Crippen LogP contribution in [0.3, 0.4) is 0 Å². The minimum atomic E-state index is -3.25. The van der Waals surface area contributed by atoms with Gasteiger partial charge in [-0.25, -0.2) is 8.42 Å². The van der Waals surface area contributed by atoms with E-state index < -0.39 is 9.84 Å². The first kappa shape index (κ1) is 12.4. The molecule has 2 rings (SSSR count). The van der Waals surface area contributed by atoms with E-state index in [9.17, 15) is 13.5 Å². The average molecular weight is 255 g/mol. The fraction of sp³-hybridized carbons (Fsp3) is 0.500. The maximum absolute atomic E-state index is 11.3. The zero-order valence-corrected chi connectivity index (χ0v) is 10.6. The molecular formula is C12H17NO3S. The average Bonchev–Trinajstić information content (AvgIpc) is 2.29. The highest BCUT2D eigenvalue weighted by atomic mass is 32.2. The van der Waals surface area contributed by atoms with Crippen LogP contribution in [0, 0.1) is 0 Å². The van der Waals surface area contributed by atoms with Gasteiger partial charge in [0.1, 0.15) is 5.75 Å². The third-order valence-electron chi connectivity index (χ3n) is 3.12. The topological polar surface area (TPSA) is 66.4 Å². The van der Waals surface area contributed by atoms with Gasteiger partial charge in [-0.05, 0) is 31.5 Å². The number of phenols is 1. The number of benzene rings is 1. The second kappa shape index (κ2) is 4.66. The first-order chi connectivity index (χ1) is 7.98. The minimum absolute atomic E-state index is 0.0623. The standard InChI is InChI=1S/C12H17NO3S/c1-17(15,16)9-5-6-10(12(14)8-9)11-4-2-3-7-13-11/h5-6,8,11,13-14H,2-4,7H2,1H3. The van der Waals surface area contributed by atoms with Crippen molar-refractivity contribution in [1.82, 2.24) is 5.32 Å². The third-order valence-corrected chi connectivity index (χ3v) is 4.23.